The Kier molecular flexibility index (Phi) is 12.6. The first-order chi connectivity index (χ1) is 16.7. The van der Waals surface area contributed by atoms with Crippen LogP contribution in [0, 0.1) is 35.5 Å². The summed E-state index contributed by atoms with van der Waals surface area (Å²) in [5.41, 5.74) is 1.50. The molecule has 0 aliphatic heterocycles. The quantitative estimate of drug-likeness (QED) is 0.145. The Morgan fingerprint density at radius 1 is 1.11 bits per heavy atom. The summed E-state index contributed by atoms with van der Waals surface area (Å²) in [5.74, 6) is 8.71. The summed E-state index contributed by atoms with van der Waals surface area (Å²) in [4.78, 5) is 17.2. The van der Waals surface area contributed by atoms with Crippen LogP contribution in [-0.4, -0.2) is 30.9 Å². The van der Waals surface area contributed by atoms with Gasteiger partial charge < -0.3 is 9.47 Å². The lowest BCUT2D eigenvalue weighted by atomic mass is 9.78. The molecule has 35 heavy (non-hydrogen) atoms. The summed E-state index contributed by atoms with van der Waals surface area (Å²) in [6.07, 6.45) is 8.17. The van der Waals surface area contributed by atoms with Gasteiger partial charge in [-0.15, -0.1) is 0 Å². The Balaban J connectivity index is 1.94. The van der Waals surface area contributed by atoms with Gasteiger partial charge in [-0.05, 0) is 83.1 Å². The van der Waals surface area contributed by atoms with Gasteiger partial charge in [0, 0.05) is 25.5 Å². The van der Waals surface area contributed by atoms with Crippen molar-refractivity contribution in [2.24, 2.45) is 28.7 Å². The zero-order chi connectivity index (χ0) is 25.7. The lowest BCUT2D eigenvalue weighted by Crippen LogP contribution is -2.27. The van der Waals surface area contributed by atoms with Crippen molar-refractivity contribution < 1.29 is 14.3 Å². The Morgan fingerprint density at radius 2 is 1.80 bits per heavy atom. The minimum Gasteiger partial charge on any atom is -0.460 e. The van der Waals surface area contributed by atoms with Crippen LogP contribution in [0.5, 0.6) is 0 Å². The van der Waals surface area contributed by atoms with Crippen LogP contribution in [0.4, 0.5) is 0 Å². The van der Waals surface area contributed by atoms with Crippen molar-refractivity contribution in [3.05, 3.63) is 35.9 Å². The maximum Gasteiger partial charge on any atom is 0.307 e. The molecule has 1 aliphatic rings. The van der Waals surface area contributed by atoms with E-state index in [2.05, 4.69) is 42.8 Å². The van der Waals surface area contributed by atoms with Gasteiger partial charge in [0.2, 0.25) is 0 Å². The van der Waals surface area contributed by atoms with Crippen molar-refractivity contribution in [3.63, 3.8) is 0 Å². The Labute approximate surface area is 214 Å². The summed E-state index contributed by atoms with van der Waals surface area (Å²) in [5, 5.41) is 0. The first-order valence-electron chi connectivity index (χ1n) is 13.5. The highest BCUT2D eigenvalue weighted by atomic mass is 16.6. The minimum absolute atomic E-state index is 0.0417. The van der Waals surface area contributed by atoms with Gasteiger partial charge in [-0.25, -0.2) is 0 Å². The summed E-state index contributed by atoms with van der Waals surface area (Å²) in [6, 6.07) is 10.2. The topological polar surface area (TPSA) is 47.9 Å². The molecule has 0 radical (unpaired) electrons. The molecule has 2 rings (SSSR count). The standard InChI is InChI=1S/C31H47NO3/c1-24(2)21-26-16-14-25(15-17-26)18-19-29(32-6)28(22-30(33)35-31(3,4)5)13-10-20-34-23-27-11-8-7-9-12-27/h7-9,11-12,24-26,28H,10,13-17,20-23H2,1-6H3/t25-,26+,28?. The fourth-order valence-electron chi connectivity index (χ4n) is 4.84. The zero-order valence-electron chi connectivity index (χ0n) is 22.9. The first-order valence-corrected chi connectivity index (χ1v) is 13.5. The van der Waals surface area contributed by atoms with E-state index in [1.54, 1.807) is 7.05 Å². The van der Waals surface area contributed by atoms with E-state index < -0.39 is 5.60 Å². The maximum atomic E-state index is 12.6. The predicted molar refractivity (Wildman–Crippen MR) is 145 cm³/mol. The van der Waals surface area contributed by atoms with Gasteiger partial charge in [-0.3, -0.25) is 9.79 Å². The summed E-state index contributed by atoms with van der Waals surface area (Å²) >= 11 is 0. The molecular formula is C31H47NO3. The van der Waals surface area contributed by atoms with E-state index in [1.807, 2.05) is 39.0 Å². The highest BCUT2D eigenvalue weighted by molar-refractivity contribution is 6.03. The molecule has 1 saturated carbocycles. The summed E-state index contributed by atoms with van der Waals surface area (Å²) in [6.45, 7) is 11.6. The molecular weight excluding hydrogens is 434 g/mol. The monoisotopic (exact) mass is 481 g/mol. The molecule has 0 heterocycles. The van der Waals surface area contributed by atoms with Crippen molar-refractivity contribution in [2.75, 3.05) is 13.7 Å². The third-order valence-electron chi connectivity index (χ3n) is 6.47. The molecule has 0 saturated heterocycles. The second kappa shape index (κ2) is 15.1. The van der Waals surface area contributed by atoms with Gasteiger partial charge in [-0.2, -0.15) is 0 Å². The van der Waals surface area contributed by atoms with Crippen molar-refractivity contribution >= 4 is 11.7 Å². The van der Waals surface area contributed by atoms with Crippen molar-refractivity contribution in [1.29, 1.82) is 0 Å². The number of ether oxygens (including phenoxy) is 2. The molecule has 194 valence electrons. The van der Waals surface area contributed by atoms with Gasteiger partial charge in [0.1, 0.15) is 5.60 Å². The number of esters is 1. The van der Waals surface area contributed by atoms with E-state index in [-0.39, 0.29) is 11.9 Å². The number of rotatable bonds is 11. The SMILES string of the molecule is CN=C(C#C[C@H]1CC[C@@H](CC(C)C)CC1)C(CCCOCc1ccccc1)CC(=O)OC(C)(C)C. The molecule has 1 atom stereocenters. The molecule has 1 unspecified atom stereocenters. The number of carbonyl (C=O) groups excluding carboxylic acids is 1. The first kappa shape index (κ1) is 29.1. The second-order valence-corrected chi connectivity index (χ2v) is 11.4. The summed E-state index contributed by atoms with van der Waals surface area (Å²) in [7, 11) is 1.79. The largest absolute Gasteiger partial charge is 0.460 e. The van der Waals surface area contributed by atoms with E-state index in [0.717, 1.165) is 30.4 Å². The Bertz CT molecular complexity index is 833. The normalized spacial score (nSPS) is 19.7. The van der Waals surface area contributed by atoms with Gasteiger partial charge in [0.05, 0.1) is 18.7 Å². The number of aliphatic imine (C=N–C) groups is 1. The van der Waals surface area contributed by atoms with Crippen LogP contribution in [0.15, 0.2) is 35.3 Å². The molecule has 4 heteroatoms. The van der Waals surface area contributed by atoms with Crippen LogP contribution in [0.3, 0.4) is 0 Å². The third kappa shape index (κ3) is 12.4. The number of hydrogen-bond acceptors (Lipinski definition) is 4. The Hall–Kier alpha value is -2.12. The van der Waals surface area contributed by atoms with Crippen molar-refractivity contribution in [1.82, 2.24) is 0 Å². The van der Waals surface area contributed by atoms with Crippen molar-refractivity contribution in [3.8, 4) is 11.8 Å². The fraction of sp³-hybridized carbons (Fsp3) is 0.677. The Morgan fingerprint density at radius 3 is 2.40 bits per heavy atom. The van der Waals surface area contributed by atoms with Crippen LogP contribution in [0.25, 0.3) is 0 Å². The molecule has 0 amide bonds. The van der Waals surface area contributed by atoms with Crippen LogP contribution >= 0.6 is 0 Å². The number of benzene rings is 1. The number of nitrogens with zero attached hydrogens (tertiary/aromatic N) is 1. The minimum atomic E-state index is -0.496. The van der Waals surface area contributed by atoms with Crippen LogP contribution in [0.2, 0.25) is 0 Å². The molecule has 0 bridgehead atoms. The fourth-order valence-corrected chi connectivity index (χ4v) is 4.84. The predicted octanol–water partition coefficient (Wildman–Crippen LogP) is 7.26. The molecule has 1 aliphatic carbocycles. The lowest BCUT2D eigenvalue weighted by molar-refractivity contribution is -0.155. The van der Waals surface area contributed by atoms with E-state index >= 15 is 0 Å². The number of hydrogen-bond donors (Lipinski definition) is 0. The van der Waals surface area contributed by atoms with E-state index in [0.29, 0.717) is 25.6 Å². The molecule has 1 aromatic carbocycles. The molecule has 4 nitrogen and oxygen atoms in total. The van der Waals surface area contributed by atoms with E-state index in [1.165, 1.54) is 37.7 Å². The maximum absolute atomic E-state index is 12.6. The molecule has 0 N–H and O–H groups in total. The molecule has 1 aromatic rings. The van der Waals surface area contributed by atoms with Gasteiger partial charge in [-0.1, -0.05) is 56.0 Å². The molecule has 0 aromatic heterocycles. The average Bonchev–Trinajstić information content (AvgIpc) is 2.79. The van der Waals surface area contributed by atoms with E-state index in [4.69, 9.17) is 9.47 Å². The van der Waals surface area contributed by atoms with Crippen LogP contribution < -0.4 is 0 Å². The highest BCUT2D eigenvalue weighted by Gasteiger charge is 2.24. The van der Waals surface area contributed by atoms with Gasteiger partial charge >= 0.3 is 5.97 Å². The summed E-state index contributed by atoms with van der Waals surface area (Å²) < 4.78 is 11.5. The highest BCUT2D eigenvalue weighted by Crippen LogP contribution is 2.32. The number of carbonyl (C=O) groups is 1. The smallest absolute Gasteiger partial charge is 0.307 e. The zero-order valence-corrected chi connectivity index (χ0v) is 22.9. The van der Waals surface area contributed by atoms with Gasteiger partial charge in [0.25, 0.3) is 0 Å². The van der Waals surface area contributed by atoms with Crippen LogP contribution in [0.1, 0.15) is 91.5 Å². The van der Waals surface area contributed by atoms with Gasteiger partial charge in [0.15, 0.2) is 0 Å². The molecule has 1 fully saturated rings. The van der Waals surface area contributed by atoms with Crippen LogP contribution in [-0.2, 0) is 20.9 Å². The lowest BCUT2D eigenvalue weighted by Gasteiger charge is -2.27. The van der Waals surface area contributed by atoms with E-state index in [9.17, 15) is 4.79 Å². The average molecular weight is 482 g/mol. The second-order valence-electron chi connectivity index (χ2n) is 11.4. The molecule has 0 spiro atoms. The van der Waals surface area contributed by atoms with Crippen molar-refractivity contribution in [2.45, 2.75) is 98.2 Å². The third-order valence-corrected chi connectivity index (χ3v) is 6.47.